The van der Waals surface area contributed by atoms with Crippen LogP contribution >= 0.6 is 0 Å². The molecule has 11 heteroatoms. The van der Waals surface area contributed by atoms with E-state index in [9.17, 15) is 27.2 Å². The van der Waals surface area contributed by atoms with Gasteiger partial charge < -0.3 is 24.3 Å². The minimum absolute atomic E-state index is 0.155. The molecule has 204 valence electrons. The first kappa shape index (κ1) is 26.1. The van der Waals surface area contributed by atoms with Crippen LogP contribution in [-0.4, -0.2) is 80.3 Å². The second-order valence-electron chi connectivity index (χ2n) is 9.82. The molecule has 2 atom stereocenters. The summed E-state index contributed by atoms with van der Waals surface area (Å²) in [5.74, 6) is -1.14. The summed E-state index contributed by atoms with van der Waals surface area (Å²) in [6.45, 7) is 4.53. The maximum absolute atomic E-state index is 14.6. The van der Waals surface area contributed by atoms with Gasteiger partial charge in [-0.2, -0.15) is 13.2 Å². The molecule has 3 aliphatic rings. The number of carbonyl (C=O) groups excluding carboxylic acids is 2. The van der Waals surface area contributed by atoms with E-state index in [2.05, 4.69) is 0 Å². The van der Waals surface area contributed by atoms with E-state index in [0.29, 0.717) is 62.8 Å². The average Bonchev–Trinajstić information content (AvgIpc) is 2.91. The van der Waals surface area contributed by atoms with Gasteiger partial charge in [0.1, 0.15) is 5.82 Å². The number of carbonyl (C=O) groups is 2. The molecule has 0 radical (unpaired) electrons. The molecule has 2 fully saturated rings. The van der Waals surface area contributed by atoms with Crippen molar-refractivity contribution in [3.8, 4) is 0 Å². The molecule has 0 bridgehead atoms. The van der Waals surface area contributed by atoms with Gasteiger partial charge in [0.15, 0.2) is 0 Å². The molecule has 2 aromatic carbocycles. The Labute approximate surface area is 218 Å². The van der Waals surface area contributed by atoms with E-state index in [-0.39, 0.29) is 30.8 Å². The van der Waals surface area contributed by atoms with Crippen LogP contribution in [0.2, 0.25) is 0 Å². The Morgan fingerprint density at radius 1 is 0.947 bits per heavy atom. The SMILES string of the molecule is CCOC(=O)N1CCN(C(=O)[C@@H]2Cc3cc(C(F)(F)F)ccc3N3CCN(c4ccccc4F)C[C@@H]23)CC1. The van der Waals surface area contributed by atoms with E-state index in [0.717, 1.165) is 12.1 Å². The molecular formula is C27H30F4N4O3. The molecule has 0 aliphatic carbocycles. The Morgan fingerprint density at radius 3 is 2.34 bits per heavy atom. The summed E-state index contributed by atoms with van der Waals surface area (Å²) in [5, 5.41) is 0. The molecular weight excluding hydrogens is 504 g/mol. The number of nitrogens with zero attached hydrogens (tertiary/aromatic N) is 4. The number of para-hydroxylation sites is 1. The standard InChI is InChI=1S/C27H30F4N4O3/c1-2-38-26(37)33-11-9-32(10-12-33)25(36)20-16-18-15-19(27(29,30)31)7-8-22(18)35-14-13-34(17-24(20)35)23-6-4-3-5-21(23)28/h3-8,15,20,24H,2,9-14,16-17H2,1H3/t20-,24+/m1/s1. The van der Waals surface area contributed by atoms with Gasteiger partial charge in [-0.25, -0.2) is 9.18 Å². The number of ether oxygens (including phenoxy) is 1. The number of alkyl halides is 3. The van der Waals surface area contributed by atoms with Crippen LogP contribution in [0.15, 0.2) is 42.5 Å². The van der Waals surface area contributed by atoms with Gasteiger partial charge in [0.2, 0.25) is 5.91 Å². The second kappa shape index (κ2) is 10.3. The Hall–Kier alpha value is -3.50. The highest BCUT2D eigenvalue weighted by molar-refractivity contribution is 5.83. The summed E-state index contributed by atoms with van der Waals surface area (Å²) in [6, 6.07) is 9.83. The van der Waals surface area contributed by atoms with Crippen LogP contribution in [0.4, 0.5) is 33.7 Å². The third kappa shape index (κ3) is 4.98. The van der Waals surface area contributed by atoms with Crippen LogP contribution in [0.25, 0.3) is 0 Å². The largest absolute Gasteiger partial charge is 0.450 e. The number of halogens is 4. The Balaban J connectivity index is 1.42. The van der Waals surface area contributed by atoms with E-state index in [1.165, 1.54) is 12.1 Å². The van der Waals surface area contributed by atoms with Crippen molar-refractivity contribution in [1.29, 1.82) is 0 Å². The molecule has 3 aliphatic heterocycles. The molecule has 2 saturated heterocycles. The molecule has 2 amide bonds. The van der Waals surface area contributed by atoms with Crippen molar-refractivity contribution in [3.05, 3.63) is 59.4 Å². The van der Waals surface area contributed by atoms with Gasteiger partial charge >= 0.3 is 12.3 Å². The van der Waals surface area contributed by atoms with Gasteiger partial charge in [0.25, 0.3) is 0 Å². The fourth-order valence-corrected chi connectivity index (χ4v) is 5.77. The third-order valence-corrected chi connectivity index (χ3v) is 7.67. The Bertz CT molecular complexity index is 1200. The number of hydrogen-bond acceptors (Lipinski definition) is 5. The van der Waals surface area contributed by atoms with Gasteiger partial charge in [-0.05, 0) is 49.2 Å². The summed E-state index contributed by atoms with van der Waals surface area (Å²) in [4.78, 5) is 33.1. The first-order chi connectivity index (χ1) is 18.2. The van der Waals surface area contributed by atoms with E-state index in [1.54, 1.807) is 34.9 Å². The average molecular weight is 535 g/mol. The number of piperazine rings is 2. The molecule has 2 aromatic rings. The lowest BCUT2D eigenvalue weighted by Crippen LogP contribution is -2.62. The van der Waals surface area contributed by atoms with Crippen molar-refractivity contribution in [2.75, 3.05) is 62.2 Å². The molecule has 0 unspecified atom stereocenters. The summed E-state index contributed by atoms with van der Waals surface area (Å²) in [6.07, 6.45) is -4.76. The van der Waals surface area contributed by atoms with Crippen LogP contribution in [0.1, 0.15) is 18.1 Å². The summed E-state index contributed by atoms with van der Waals surface area (Å²) in [5.41, 5.74) is 0.875. The maximum atomic E-state index is 14.6. The van der Waals surface area contributed by atoms with Gasteiger partial charge in [-0.1, -0.05) is 12.1 Å². The fourth-order valence-electron chi connectivity index (χ4n) is 5.77. The summed E-state index contributed by atoms with van der Waals surface area (Å²) >= 11 is 0. The predicted octanol–water partition coefficient (Wildman–Crippen LogP) is 4.01. The molecule has 0 spiro atoms. The first-order valence-electron chi connectivity index (χ1n) is 12.8. The quantitative estimate of drug-likeness (QED) is 0.557. The van der Waals surface area contributed by atoms with Crippen molar-refractivity contribution in [1.82, 2.24) is 9.80 Å². The number of anilines is 2. The summed E-state index contributed by atoms with van der Waals surface area (Å²) < 4.78 is 60.2. The van der Waals surface area contributed by atoms with Crippen molar-refractivity contribution < 1.29 is 31.9 Å². The Kier molecular flexibility index (Phi) is 7.11. The topological polar surface area (TPSA) is 56.3 Å². The first-order valence-corrected chi connectivity index (χ1v) is 12.8. The maximum Gasteiger partial charge on any atom is 0.416 e. The van der Waals surface area contributed by atoms with Crippen molar-refractivity contribution in [2.24, 2.45) is 5.92 Å². The zero-order valence-corrected chi connectivity index (χ0v) is 21.1. The minimum atomic E-state index is -4.49. The van der Waals surface area contributed by atoms with Crippen LogP contribution in [0, 0.1) is 11.7 Å². The second-order valence-corrected chi connectivity index (χ2v) is 9.82. The van der Waals surface area contributed by atoms with Crippen LogP contribution < -0.4 is 9.80 Å². The van der Waals surface area contributed by atoms with Crippen molar-refractivity contribution in [2.45, 2.75) is 25.6 Å². The third-order valence-electron chi connectivity index (χ3n) is 7.67. The zero-order valence-electron chi connectivity index (χ0n) is 21.1. The lowest BCUT2D eigenvalue weighted by molar-refractivity contribution is -0.138. The van der Waals surface area contributed by atoms with Crippen LogP contribution in [0.5, 0.6) is 0 Å². The Morgan fingerprint density at radius 2 is 1.66 bits per heavy atom. The molecule has 3 heterocycles. The van der Waals surface area contributed by atoms with Crippen molar-refractivity contribution in [3.63, 3.8) is 0 Å². The van der Waals surface area contributed by atoms with E-state index >= 15 is 0 Å². The van der Waals surface area contributed by atoms with E-state index in [1.807, 2.05) is 9.80 Å². The highest BCUT2D eigenvalue weighted by Gasteiger charge is 2.44. The fraction of sp³-hybridized carbons (Fsp3) is 0.481. The van der Waals surface area contributed by atoms with Crippen LogP contribution in [0.3, 0.4) is 0 Å². The van der Waals surface area contributed by atoms with Gasteiger partial charge in [0, 0.05) is 51.5 Å². The molecule has 0 N–H and O–H groups in total. The monoisotopic (exact) mass is 534 g/mol. The lowest BCUT2D eigenvalue weighted by Gasteiger charge is -2.50. The van der Waals surface area contributed by atoms with E-state index < -0.39 is 23.8 Å². The predicted molar refractivity (Wildman–Crippen MR) is 134 cm³/mol. The number of fused-ring (bicyclic) bond motifs is 3. The number of rotatable bonds is 3. The van der Waals surface area contributed by atoms with Gasteiger partial charge in [-0.3, -0.25) is 4.79 Å². The summed E-state index contributed by atoms with van der Waals surface area (Å²) in [7, 11) is 0. The molecule has 5 rings (SSSR count). The van der Waals surface area contributed by atoms with E-state index in [4.69, 9.17) is 4.74 Å². The lowest BCUT2D eigenvalue weighted by atomic mass is 9.82. The molecule has 0 aromatic heterocycles. The normalized spacial score (nSPS) is 21.6. The van der Waals surface area contributed by atoms with Crippen LogP contribution in [-0.2, 0) is 22.1 Å². The number of hydrogen-bond donors (Lipinski definition) is 0. The minimum Gasteiger partial charge on any atom is -0.450 e. The van der Waals surface area contributed by atoms with Crippen molar-refractivity contribution >= 4 is 23.4 Å². The van der Waals surface area contributed by atoms with Gasteiger partial charge in [0.05, 0.1) is 29.8 Å². The van der Waals surface area contributed by atoms with Gasteiger partial charge in [-0.15, -0.1) is 0 Å². The zero-order chi connectivity index (χ0) is 27.0. The smallest absolute Gasteiger partial charge is 0.416 e. The molecule has 0 saturated carbocycles. The highest BCUT2D eigenvalue weighted by Crippen LogP contribution is 2.41. The molecule has 38 heavy (non-hydrogen) atoms. The number of benzene rings is 2. The number of amides is 2. The highest BCUT2D eigenvalue weighted by atomic mass is 19.4. The molecule has 7 nitrogen and oxygen atoms in total.